The normalized spacial score (nSPS) is 10.6. The van der Waals surface area contributed by atoms with Crippen molar-refractivity contribution in [3.8, 4) is 11.5 Å². The molecule has 0 N–H and O–H groups in total. The minimum atomic E-state index is -0.396. The van der Waals surface area contributed by atoms with Gasteiger partial charge in [0.15, 0.2) is 11.5 Å². The van der Waals surface area contributed by atoms with E-state index in [2.05, 4.69) is 17.1 Å². The smallest absolute Gasteiger partial charge is 0.338 e. The summed E-state index contributed by atoms with van der Waals surface area (Å²) in [6.45, 7) is 7.12. The van der Waals surface area contributed by atoms with Crippen LogP contribution in [-0.2, 0) is 11.2 Å². The molecule has 0 aliphatic rings. The van der Waals surface area contributed by atoms with Gasteiger partial charge >= 0.3 is 5.97 Å². The number of rotatable bonds is 11. The lowest BCUT2D eigenvalue weighted by Gasteiger charge is -2.13. The van der Waals surface area contributed by atoms with Crippen molar-refractivity contribution in [2.24, 2.45) is 0 Å². The van der Waals surface area contributed by atoms with Crippen LogP contribution in [0.4, 0.5) is 0 Å². The van der Waals surface area contributed by atoms with Gasteiger partial charge in [0.05, 0.1) is 25.4 Å². The molecule has 7 heteroatoms. The zero-order valence-electron chi connectivity index (χ0n) is 15.6. The summed E-state index contributed by atoms with van der Waals surface area (Å²) >= 11 is 0. The maximum atomic E-state index is 12.2. The first kappa shape index (κ1) is 19.8. The summed E-state index contributed by atoms with van der Waals surface area (Å²) < 4.78 is 21.9. The molecule has 2 rings (SSSR count). The molecule has 0 fully saturated rings. The Bertz CT molecular complexity index is 699. The third-order valence-electron chi connectivity index (χ3n) is 3.57. The first-order chi connectivity index (χ1) is 12.6. The van der Waals surface area contributed by atoms with E-state index in [1.165, 1.54) is 0 Å². The minimum absolute atomic E-state index is 0.277. The Labute approximate surface area is 153 Å². The summed E-state index contributed by atoms with van der Waals surface area (Å²) in [5.74, 6) is 1.88. The molecule has 26 heavy (non-hydrogen) atoms. The lowest BCUT2D eigenvalue weighted by atomic mass is 10.2. The molecule has 1 aromatic carbocycles. The third kappa shape index (κ3) is 6.06. The van der Waals surface area contributed by atoms with Crippen LogP contribution < -0.4 is 9.47 Å². The van der Waals surface area contributed by atoms with Crippen molar-refractivity contribution >= 4 is 5.97 Å². The number of hydrogen-bond acceptors (Lipinski definition) is 7. The molecule has 0 aliphatic carbocycles. The highest BCUT2D eigenvalue weighted by Gasteiger charge is 2.13. The fraction of sp³-hybridized carbons (Fsp3) is 0.526. The summed E-state index contributed by atoms with van der Waals surface area (Å²) in [5, 5.41) is 7.67. The Morgan fingerprint density at radius 1 is 1.08 bits per heavy atom. The van der Waals surface area contributed by atoms with Gasteiger partial charge in [-0.15, -0.1) is 10.2 Å². The van der Waals surface area contributed by atoms with Gasteiger partial charge in [-0.05, 0) is 38.0 Å². The van der Waals surface area contributed by atoms with Crippen LogP contribution in [0, 0.1) is 6.92 Å². The van der Waals surface area contributed by atoms with Crippen molar-refractivity contribution in [3.05, 3.63) is 35.5 Å². The maximum Gasteiger partial charge on any atom is 0.338 e. The number of carbonyl (C=O) groups excluding carboxylic acids is 1. The van der Waals surface area contributed by atoms with Gasteiger partial charge in [0, 0.05) is 13.3 Å². The van der Waals surface area contributed by atoms with Crippen LogP contribution in [0.15, 0.2) is 22.6 Å². The third-order valence-corrected chi connectivity index (χ3v) is 3.57. The van der Waals surface area contributed by atoms with Crippen LogP contribution in [0.5, 0.6) is 11.5 Å². The predicted octanol–water partition coefficient (Wildman–Crippen LogP) is 3.75. The number of hydrogen-bond donors (Lipinski definition) is 0. The number of aryl methyl sites for hydroxylation is 2. The van der Waals surface area contributed by atoms with E-state index in [0.717, 1.165) is 12.8 Å². The molecule has 0 aliphatic heterocycles. The number of carbonyl (C=O) groups is 1. The van der Waals surface area contributed by atoms with E-state index in [1.54, 1.807) is 25.1 Å². The van der Waals surface area contributed by atoms with Crippen molar-refractivity contribution in [1.29, 1.82) is 0 Å². The van der Waals surface area contributed by atoms with Gasteiger partial charge < -0.3 is 18.6 Å². The van der Waals surface area contributed by atoms with Crippen LogP contribution in [0.25, 0.3) is 0 Å². The van der Waals surface area contributed by atoms with Gasteiger partial charge in [0.25, 0.3) is 0 Å². The largest absolute Gasteiger partial charge is 0.490 e. The number of esters is 1. The van der Waals surface area contributed by atoms with E-state index in [4.69, 9.17) is 18.6 Å². The van der Waals surface area contributed by atoms with E-state index >= 15 is 0 Å². The van der Waals surface area contributed by atoms with Crippen LogP contribution >= 0.6 is 0 Å². The van der Waals surface area contributed by atoms with Gasteiger partial charge in [-0.3, -0.25) is 0 Å². The van der Waals surface area contributed by atoms with Crippen molar-refractivity contribution in [1.82, 2.24) is 10.2 Å². The highest BCUT2D eigenvalue weighted by molar-refractivity contribution is 5.90. The summed E-state index contributed by atoms with van der Waals surface area (Å²) in [6, 6.07) is 5.10. The molecule has 0 radical (unpaired) electrons. The average molecular weight is 362 g/mol. The zero-order valence-corrected chi connectivity index (χ0v) is 15.6. The second-order valence-corrected chi connectivity index (χ2v) is 5.75. The summed E-state index contributed by atoms with van der Waals surface area (Å²) in [5.41, 5.74) is 0.435. The Hall–Kier alpha value is -2.57. The minimum Gasteiger partial charge on any atom is -0.490 e. The van der Waals surface area contributed by atoms with Gasteiger partial charge in [-0.25, -0.2) is 4.79 Å². The van der Waals surface area contributed by atoms with Crippen molar-refractivity contribution in [3.63, 3.8) is 0 Å². The van der Waals surface area contributed by atoms with Crippen LogP contribution in [0.2, 0.25) is 0 Å². The fourth-order valence-corrected chi connectivity index (χ4v) is 2.26. The van der Waals surface area contributed by atoms with Crippen LogP contribution in [-0.4, -0.2) is 36.0 Å². The van der Waals surface area contributed by atoms with E-state index in [9.17, 15) is 4.79 Å². The van der Waals surface area contributed by atoms with Crippen LogP contribution in [0.3, 0.4) is 0 Å². The molecular weight excluding hydrogens is 336 g/mol. The molecule has 0 spiro atoms. The Morgan fingerprint density at radius 3 is 2.62 bits per heavy atom. The maximum absolute atomic E-state index is 12.2. The van der Waals surface area contributed by atoms with E-state index in [1.807, 2.05) is 6.92 Å². The van der Waals surface area contributed by atoms with E-state index in [0.29, 0.717) is 54.9 Å². The molecule has 0 saturated heterocycles. The standard InChI is InChI=1S/C19H26N2O5/c1-4-6-11-24-16-10-9-15(13-17(16)23-5-2)19(22)25-12-7-8-18-21-20-14(3)26-18/h9-10,13H,4-8,11-12H2,1-3H3. The average Bonchev–Trinajstić information content (AvgIpc) is 3.05. The second kappa shape index (κ2) is 10.4. The quantitative estimate of drug-likeness (QED) is 0.445. The molecule has 0 atom stereocenters. The molecule has 0 unspecified atom stereocenters. The second-order valence-electron chi connectivity index (χ2n) is 5.75. The molecule has 0 bridgehead atoms. The topological polar surface area (TPSA) is 83.7 Å². The molecule has 7 nitrogen and oxygen atoms in total. The molecule has 1 aromatic heterocycles. The van der Waals surface area contributed by atoms with Gasteiger partial charge in [0.2, 0.25) is 11.8 Å². The number of aromatic nitrogens is 2. The van der Waals surface area contributed by atoms with Crippen molar-refractivity contribution in [2.45, 2.75) is 46.5 Å². The van der Waals surface area contributed by atoms with E-state index in [-0.39, 0.29) is 6.61 Å². The molecular formula is C19H26N2O5. The summed E-state index contributed by atoms with van der Waals surface area (Å²) in [6.07, 6.45) is 3.21. The van der Waals surface area contributed by atoms with Gasteiger partial charge in [-0.1, -0.05) is 13.3 Å². The lowest BCUT2D eigenvalue weighted by molar-refractivity contribution is 0.0498. The Kier molecular flexibility index (Phi) is 7.92. The monoisotopic (exact) mass is 362 g/mol. The molecule has 0 saturated carbocycles. The zero-order chi connectivity index (χ0) is 18.8. The number of ether oxygens (including phenoxy) is 3. The summed E-state index contributed by atoms with van der Waals surface area (Å²) in [7, 11) is 0. The Morgan fingerprint density at radius 2 is 1.92 bits per heavy atom. The molecule has 142 valence electrons. The first-order valence-corrected chi connectivity index (χ1v) is 8.99. The van der Waals surface area contributed by atoms with Gasteiger partial charge in [-0.2, -0.15) is 0 Å². The van der Waals surface area contributed by atoms with Gasteiger partial charge in [0.1, 0.15) is 0 Å². The lowest BCUT2D eigenvalue weighted by Crippen LogP contribution is -2.08. The van der Waals surface area contributed by atoms with Crippen molar-refractivity contribution < 1.29 is 23.4 Å². The van der Waals surface area contributed by atoms with E-state index < -0.39 is 5.97 Å². The summed E-state index contributed by atoms with van der Waals surface area (Å²) in [4.78, 5) is 12.2. The van der Waals surface area contributed by atoms with Crippen LogP contribution in [0.1, 0.15) is 55.2 Å². The van der Waals surface area contributed by atoms with Crippen molar-refractivity contribution in [2.75, 3.05) is 19.8 Å². The highest BCUT2D eigenvalue weighted by Crippen LogP contribution is 2.29. The number of benzene rings is 1. The predicted molar refractivity (Wildman–Crippen MR) is 95.7 cm³/mol. The number of unbranched alkanes of at least 4 members (excludes halogenated alkanes) is 1. The number of nitrogens with zero attached hydrogens (tertiary/aromatic N) is 2. The molecule has 0 amide bonds. The Balaban J connectivity index is 1.87. The molecule has 2 aromatic rings. The SMILES string of the molecule is CCCCOc1ccc(C(=O)OCCCc2nnc(C)o2)cc1OCC. The fourth-order valence-electron chi connectivity index (χ4n) is 2.26. The highest BCUT2D eigenvalue weighted by atomic mass is 16.5. The first-order valence-electron chi connectivity index (χ1n) is 8.99. The molecule has 1 heterocycles.